The fourth-order valence-corrected chi connectivity index (χ4v) is 2.65. The van der Waals surface area contributed by atoms with Crippen LogP contribution in [0.3, 0.4) is 0 Å². The van der Waals surface area contributed by atoms with E-state index in [0.717, 1.165) is 38.5 Å². The highest BCUT2D eigenvalue weighted by molar-refractivity contribution is 5.74. The van der Waals surface area contributed by atoms with Crippen molar-refractivity contribution < 1.29 is 19.0 Å². The van der Waals surface area contributed by atoms with Crippen molar-refractivity contribution in [1.29, 1.82) is 0 Å². The molecule has 128 valence electrons. The molecular formula is C17H25FN2O3. The minimum atomic E-state index is -0.432. The van der Waals surface area contributed by atoms with Crippen LogP contribution in [0.25, 0.3) is 0 Å². The molecule has 1 saturated carbocycles. The minimum Gasteiger partial charge on any atom is -0.494 e. The zero-order valence-electron chi connectivity index (χ0n) is 13.3. The third-order valence-corrected chi connectivity index (χ3v) is 3.99. The molecule has 0 radical (unpaired) electrons. The van der Waals surface area contributed by atoms with Gasteiger partial charge in [-0.3, -0.25) is 0 Å². The maximum atomic E-state index is 12.7. The molecule has 0 aromatic heterocycles. The number of amides is 2. The van der Waals surface area contributed by atoms with Gasteiger partial charge in [0.2, 0.25) is 0 Å². The normalized spacial score (nSPS) is 20.8. The predicted molar refractivity (Wildman–Crippen MR) is 85.9 cm³/mol. The van der Waals surface area contributed by atoms with Crippen LogP contribution in [0.4, 0.5) is 9.18 Å². The predicted octanol–water partition coefficient (Wildman–Crippen LogP) is 2.59. The molecule has 23 heavy (non-hydrogen) atoms. The van der Waals surface area contributed by atoms with Crippen molar-refractivity contribution in [2.24, 2.45) is 0 Å². The highest BCUT2D eigenvalue weighted by Crippen LogP contribution is 2.18. The number of aliphatic hydroxyl groups excluding tert-OH is 1. The van der Waals surface area contributed by atoms with Crippen LogP contribution in [0.15, 0.2) is 24.3 Å². The first-order valence-corrected chi connectivity index (χ1v) is 8.26. The van der Waals surface area contributed by atoms with Crippen LogP contribution in [0, 0.1) is 5.82 Å². The summed E-state index contributed by atoms with van der Waals surface area (Å²) in [4.78, 5) is 11.7. The Morgan fingerprint density at radius 2 is 1.96 bits per heavy atom. The van der Waals surface area contributed by atoms with Crippen molar-refractivity contribution in [3.63, 3.8) is 0 Å². The summed E-state index contributed by atoms with van der Waals surface area (Å²) in [6, 6.07) is 5.55. The number of nitrogens with one attached hydrogen (secondary N) is 2. The van der Waals surface area contributed by atoms with Crippen LogP contribution >= 0.6 is 0 Å². The lowest BCUT2D eigenvalue weighted by molar-refractivity contribution is 0.0943. The number of carbonyl (C=O) groups is 1. The van der Waals surface area contributed by atoms with Gasteiger partial charge in [-0.05, 0) is 49.9 Å². The molecule has 2 unspecified atom stereocenters. The van der Waals surface area contributed by atoms with Gasteiger partial charge in [0.25, 0.3) is 0 Å². The summed E-state index contributed by atoms with van der Waals surface area (Å²) in [7, 11) is 0. The average Bonchev–Trinajstić information content (AvgIpc) is 2.54. The summed E-state index contributed by atoms with van der Waals surface area (Å²) in [5, 5.41) is 15.4. The fraction of sp³-hybridized carbons (Fsp3) is 0.588. The molecule has 2 amide bonds. The molecule has 0 aliphatic heterocycles. The van der Waals surface area contributed by atoms with E-state index in [-0.39, 0.29) is 17.9 Å². The highest BCUT2D eigenvalue weighted by Gasteiger charge is 2.24. The molecule has 5 nitrogen and oxygen atoms in total. The number of aliphatic hydroxyl groups is 1. The van der Waals surface area contributed by atoms with Gasteiger partial charge in [0.15, 0.2) is 0 Å². The summed E-state index contributed by atoms with van der Waals surface area (Å²) in [6.07, 6.45) is 4.81. The molecular weight excluding hydrogens is 299 g/mol. The first kappa shape index (κ1) is 17.5. The van der Waals surface area contributed by atoms with Gasteiger partial charge in [0.1, 0.15) is 11.6 Å². The van der Waals surface area contributed by atoms with Gasteiger partial charge in [-0.1, -0.05) is 12.8 Å². The SMILES string of the molecule is O=C(NCCCCOc1ccc(F)cc1)NC1CCCCC1O. The maximum absolute atomic E-state index is 12.7. The molecule has 0 bridgehead atoms. The molecule has 0 heterocycles. The van der Waals surface area contributed by atoms with Crippen molar-refractivity contribution in [2.45, 2.75) is 50.7 Å². The van der Waals surface area contributed by atoms with E-state index in [2.05, 4.69) is 10.6 Å². The maximum Gasteiger partial charge on any atom is 0.315 e. The Morgan fingerprint density at radius 1 is 1.22 bits per heavy atom. The smallest absolute Gasteiger partial charge is 0.315 e. The van der Waals surface area contributed by atoms with Crippen LogP contribution < -0.4 is 15.4 Å². The first-order valence-electron chi connectivity index (χ1n) is 8.26. The summed E-state index contributed by atoms with van der Waals surface area (Å²) in [6.45, 7) is 1.08. The van der Waals surface area contributed by atoms with Crippen LogP contribution in [0.5, 0.6) is 5.75 Å². The summed E-state index contributed by atoms with van der Waals surface area (Å²) < 4.78 is 18.2. The Morgan fingerprint density at radius 3 is 2.70 bits per heavy atom. The summed E-state index contributed by atoms with van der Waals surface area (Å²) >= 11 is 0. The molecule has 6 heteroatoms. The Labute approximate surface area is 136 Å². The largest absolute Gasteiger partial charge is 0.494 e. The van der Waals surface area contributed by atoms with Gasteiger partial charge < -0.3 is 20.5 Å². The van der Waals surface area contributed by atoms with E-state index in [4.69, 9.17) is 4.74 Å². The monoisotopic (exact) mass is 324 g/mol. The third-order valence-electron chi connectivity index (χ3n) is 3.99. The zero-order chi connectivity index (χ0) is 16.5. The number of benzene rings is 1. The van der Waals surface area contributed by atoms with Gasteiger partial charge in [0, 0.05) is 6.54 Å². The molecule has 1 aromatic carbocycles. The molecule has 1 fully saturated rings. The second-order valence-electron chi connectivity index (χ2n) is 5.87. The Kier molecular flexibility index (Phi) is 7.13. The third kappa shape index (κ3) is 6.44. The Balaban J connectivity index is 1.51. The van der Waals surface area contributed by atoms with Gasteiger partial charge in [0.05, 0.1) is 18.8 Å². The minimum absolute atomic E-state index is 0.134. The quantitative estimate of drug-likeness (QED) is 0.675. The van der Waals surface area contributed by atoms with E-state index in [1.165, 1.54) is 12.1 Å². The average molecular weight is 324 g/mol. The molecule has 1 aliphatic carbocycles. The Hall–Kier alpha value is -1.82. The summed E-state index contributed by atoms with van der Waals surface area (Å²) in [5.74, 6) is 0.360. The van der Waals surface area contributed by atoms with Crippen molar-refractivity contribution in [2.75, 3.05) is 13.2 Å². The van der Waals surface area contributed by atoms with E-state index in [9.17, 15) is 14.3 Å². The molecule has 1 aliphatic rings. The number of hydrogen-bond acceptors (Lipinski definition) is 3. The number of rotatable bonds is 7. The van der Waals surface area contributed by atoms with Crippen LogP contribution in [0.1, 0.15) is 38.5 Å². The lowest BCUT2D eigenvalue weighted by Gasteiger charge is -2.28. The van der Waals surface area contributed by atoms with E-state index in [1.807, 2.05) is 0 Å². The van der Waals surface area contributed by atoms with Gasteiger partial charge in [-0.25, -0.2) is 9.18 Å². The molecule has 0 saturated heterocycles. The molecule has 3 N–H and O–H groups in total. The zero-order valence-corrected chi connectivity index (χ0v) is 13.3. The molecule has 1 aromatic rings. The van der Waals surface area contributed by atoms with Crippen LogP contribution in [-0.2, 0) is 0 Å². The Bertz CT molecular complexity index is 481. The number of halogens is 1. The lowest BCUT2D eigenvalue weighted by atomic mass is 9.93. The van der Waals surface area contributed by atoms with E-state index >= 15 is 0 Å². The van der Waals surface area contributed by atoms with E-state index < -0.39 is 6.10 Å². The molecule has 0 spiro atoms. The lowest BCUT2D eigenvalue weighted by Crippen LogP contribution is -2.49. The number of carbonyl (C=O) groups excluding carboxylic acids is 1. The van der Waals surface area contributed by atoms with Gasteiger partial charge in [-0.2, -0.15) is 0 Å². The number of ether oxygens (including phenoxy) is 1. The highest BCUT2D eigenvalue weighted by atomic mass is 19.1. The van der Waals surface area contributed by atoms with E-state index in [1.54, 1.807) is 12.1 Å². The van der Waals surface area contributed by atoms with Crippen LogP contribution in [-0.4, -0.2) is 36.4 Å². The second kappa shape index (κ2) is 9.35. The molecule has 2 rings (SSSR count). The fourth-order valence-electron chi connectivity index (χ4n) is 2.65. The number of urea groups is 1. The van der Waals surface area contributed by atoms with Gasteiger partial charge >= 0.3 is 6.03 Å². The van der Waals surface area contributed by atoms with Crippen LogP contribution in [0.2, 0.25) is 0 Å². The van der Waals surface area contributed by atoms with Crippen molar-refractivity contribution in [1.82, 2.24) is 10.6 Å². The standard InChI is InChI=1S/C17H25FN2O3/c18-13-7-9-14(10-8-13)23-12-4-3-11-19-17(22)20-15-5-1-2-6-16(15)21/h7-10,15-16,21H,1-6,11-12H2,(H2,19,20,22). The number of hydrogen-bond donors (Lipinski definition) is 3. The van der Waals surface area contributed by atoms with Crippen molar-refractivity contribution in [3.05, 3.63) is 30.1 Å². The van der Waals surface area contributed by atoms with Gasteiger partial charge in [-0.15, -0.1) is 0 Å². The number of unbranched alkanes of at least 4 members (excludes halogenated alkanes) is 1. The first-order chi connectivity index (χ1) is 11.1. The van der Waals surface area contributed by atoms with Crippen molar-refractivity contribution >= 4 is 6.03 Å². The molecule has 2 atom stereocenters. The van der Waals surface area contributed by atoms with E-state index in [0.29, 0.717) is 18.9 Å². The topological polar surface area (TPSA) is 70.6 Å². The van der Waals surface area contributed by atoms with Crippen molar-refractivity contribution in [3.8, 4) is 5.75 Å². The summed E-state index contributed by atoms with van der Waals surface area (Å²) in [5.41, 5.74) is 0. The second-order valence-corrected chi connectivity index (χ2v) is 5.87.